The van der Waals surface area contributed by atoms with Crippen molar-refractivity contribution in [1.82, 2.24) is 5.32 Å². The van der Waals surface area contributed by atoms with Crippen molar-refractivity contribution < 1.29 is 9.18 Å². The van der Waals surface area contributed by atoms with E-state index in [-0.39, 0.29) is 10.9 Å². The van der Waals surface area contributed by atoms with Gasteiger partial charge in [0, 0.05) is 6.54 Å². The molecule has 1 saturated carbocycles. The van der Waals surface area contributed by atoms with Gasteiger partial charge in [-0.1, -0.05) is 37.4 Å². The summed E-state index contributed by atoms with van der Waals surface area (Å²) in [7, 11) is 0. The Balaban J connectivity index is 1.96. The molecule has 110 valence electrons. The Morgan fingerprint density at radius 2 is 2.35 bits per heavy atom. The van der Waals surface area contributed by atoms with E-state index in [9.17, 15) is 9.18 Å². The number of nitrogens with one attached hydrogen (secondary N) is 1. The summed E-state index contributed by atoms with van der Waals surface area (Å²) in [5.74, 6) is -0.123. The zero-order chi connectivity index (χ0) is 14.8. The van der Waals surface area contributed by atoms with E-state index >= 15 is 0 Å². The number of carbonyl (C=O) groups is 1. The lowest BCUT2D eigenvalue weighted by Gasteiger charge is -2.35. The first-order valence-electron chi connectivity index (χ1n) is 6.92. The van der Waals surface area contributed by atoms with E-state index in [1.54, 1.807) is 6.07 Å². The topological polar surface area (TPSA) is 55.1 Å². The van der Waals surface area contributed by atoms with E-state index in [4.69, 9.17) is 17.3 Å². The van der Waals surface area contributed by atoms with Gasteiger partial charge in [0.15, 0.2) is 0 Å². The van der Waals surface area contributed by atoms with E-state index in [1.165, 1.54) is 12.1 Å². The molecule has 3 nitrogen and oxygen atoms in total. The molecule has 0 saturated heterocycles. The summed E-state index contributed by atoms with van der Waals surface area (Å²) in [5, 5.41) is 2.89. The van der Waals surface area contributed by atoms with Crippen LogP contribution in [-0.4, -0.2) is 11.4 Å². The highest BCUT2D eigenvalue weighted by Crippen LogP contribution is 2.30. The molecule has 1 aliphatic carbocycles. The number of benzene rings is 1. The lowest BCUT2D eigenvalue weighted by Crippen LogP contribution is -2.56. The van der Waals surface area contributed by atoms with Crippen LogP contribution in [0.3, 0.4) is 0 Å². The molecule has 0 aromatic heterocycles. The van der Waals surface area contributed by atoms with Crippen LogP contribution in [0.4, 0.5) is 4.39 Å². The molecule has 1 amide bonds. The van der Waals surface area contributed by atoms with Gasteiger partial charge in [-0.05, 0) is 36.5 Å². The van der Waals surface area contributed by atoms with Crippen molar-refractivity contribution in [2.24, 2.45) is 11.7 Å². The number of nitrogens with two attached hydrogens (primary N) is 1. The Hall–Kier alpha value is -1.13. The average Bonchev–Trinajstić information content (AvgIpc) is 2.39. The second-order valence-corrected chi connectivity index (χ2v) is 6.20. The third-order valence-corrected chi connectivity index (χ3v) is 4.21. The highest BCUT2D eigenvalue weighted by Gasteiger charge is 2.37. The first-order valence-corrected chi connectivity index (χ1v) is 7.29. The zero-order valence-corrected chi connectivity index (χ0v) is 12.3. The van der Waals surface area contributed by atoms with Crippen LogP contribution in [-0.2, 0) is 11.3 Å². The number of halogens is 2. The monoisotopic (exact) mass is 298 g/mol. The normalized spacial score (nSPS) is 26.3. The van der Waals surface area contributed by atoms with Gasteiger partial charge < -0.3 is 11.1 Å². The third kappa shape index (κ3) is 3.49. The Kier molecular flexibility index (Phi) is 4.66. The number of carbonyl (C=O) groups excluding carboxylic acids is 1. The zero-order valence-electron chi connectivity index (χ0n) is 11.6. The summed E-state index contributed by atoms with van der Waals surface area (Å²) in [6, 6.07) is 4.42. The molecule has 0 heterocycles. The molecular formula is C15H20ClFN2O. The lowest BCUT2D eigenvalue weighted by atomic mass is 9.76. The largest absolute Gasteiger partial charge is 0.350 e. The van der Waals surface area contributed by atoms with Gasteiger partial charge in [0.2, 0.25) is 5.91 Å². The van der Waals surface area contributed by atoms with E-state index in [0.717, 1.165) is 18.4 Å². The van der Waals surface area contributed by atoms with E-state index in [2.05, 4.69) is 12.2 Å². The van der Waals surface area contributed by atoms with Gasteiger partial charge in [-0.3, -0.25) is 4.79 Å². The van der Waals surface area contributed by atoms with Crippen molar-refractivity contribution in [3.63, 3.8) is 0 Å². The summed E-state index contributed by atoms with van der Waals surface area (Å²) in [5.41, 5.74) is 6.20. The van der Waals surface area contributed by atoms with Crippen molar-refractivity contribution in [3.8, 4) is 0 Å². The molecule has 1 aliphatic rings. The summed E-state index contributed by atoms with van der Waals surface area (Å²) in [6.45, 7) is 2.43. The molecule has 20 heavy (non-hydrogen) atoms. The fourth-order valence-corrected chi connectivity index (χ4v) is 3.01. The molecule has 2 atom stereocenters. The first kappa shape index (κ1) is 15.3. The average molecular weight is 299 g/mol. The molecular weight excluding hydrogens is 279 g/mol. The molecule has 0 bridgehead atoms. The van der Waals surface area contributed by atoms with Crippen molar-refractivity contribution >= 4 is 17.5 Å². The smallest absolute Gasteiger partial charge is 0.240 e. The van der Waals surface area contributed by atoms with Crippen molar-refractivity contribution in [2.45, 2.75) is 44.7 Å². The molecule has 0 aliphatic heterocycles. The van der Waals surface area contributed by atoms with Gasteiger partial charge >= 0.3 is 0 Å². The highest BCUT2D eigenvalue weighted by molar-refractivity contribution is 6.30. The fraction of sp³-hybridized carbons (Fsp3) is 0.533. The van der Waals surface area contributed by atoms with Crippen LogP contribution in [0.15, 0.2) is 18.2 Å². The summed E-state index contributed by atoms with van der Waals surface area (Å²) < 4.78 is 13.1. The minimum atomic E-state index is -0.776. The van der Waals surface area contributed by atoms with Gasteiger partial charge in [-0.25, -0.2) is 4.39 Å². The van der Waals surface area contributed by atoms with Gasteiger partial charge in [0.1, 0.15) is 5.82 Å². The van der Waals surface area contributed by atoms with Gasteiger partial charge in [-0.2, -0.15) is 0 Å². The van der Waals surface area contributed by atoms with E-state index < -0.39 is 11.4 Å². The predicted octanol–water partition coefficient (Wildman–Crippen LogP) is 3.00. The summed E-state index contributed by atoms with van der Waals surface area (Å²) >= 11 is 5.71. The van der Waals surface area contributed by atoms with Crippen LogP contribution in [0.1, 0.15) is 38.2 Å². The Morgan fingerprint density at radius 3 is 3.00 bits per heavy atom. The second-order valence-electron chi connectivity index (χ2n) is 5.79. The second kappa shape index (κ2) is 6.10. The molecule has 1 aromatic rings. The standard InChI is InChI=1S/C15H20ClFN2O/c1-10-3-2-6-15(18,8-10)14(20)19-9-11-4-5-13(17)12(16)7-11/h4-5,7,10H,2-3,6,8-9,18H2,1H3,(H,19,20). The molecule has 0 spiro atoms. The van der Waals surface area contributed by atoms with Crippen molar-refractivity contribution in [3.05, 3.63) is 34.6 Å². The van der Waals surface area contributed by atoms with Crippen LogP contribution < -0.4 is 11.1 Å². The number of hydrogen-bond donors (Lipinski definition) is 2. The quantitative estimate of drug-likeness (QED) is 0.901. The van der Waals surface area contributed by atoms with Crippen LogP contribution in [0.2, 0.25) is 5.02 Å². The molecule has 1 aromatic carbocycles. The molecule has 2 unspecified atom stereocenters. The van der Waals surface area contributed by atoms with E-state index in [0.29, 0.717) is 25.3 Å². The van der Waals surface area contributed by atoms with Crippen LogP contribution in [0.5, 0.6) is 0 Å². The number of rotatable bonds is 3. The number of amides is 1. The van der Waals surface area contributed by atoms with Gasteiger partial charge in [0.05, 0.1) is 10.6 Å². The van der Waals surface area contributed by atoms with E-state index in [1.807, 2.05) is 0 Å². The Morgan fingerprint density at radius 1 is 1.60 bits per heavy atom. The van der Waals surface area contributed by atoms with Gasteiger partial charge in [-0.15, -0.1) is 0 Å². The minimum Gasteiger partial charge on any atom is -0.350 e. The Bertz CT molecular complexity index is 509. The summed E-state index contributed by atoms with van der Waals surface area (Å²) in [4.78, 5) is 12.2. The molecule has 2 rings (SSSR count). The maximum absolute atomic E-state index is 13.1. The molecule has 0 radical (unpaired) electrons. The molecule has 3 N–H and O–H groups in total. The molecule has 1 fully saturated rings. The summed E-state index contributed by atoms with van der Waals surface area (Å²) in [6.07, 6.45) is 3.53. The Labute approximate surface area is 123 Å². The number of hydrogen-bond acceptors (Lipinski definition) is 2. The van der Waals surface area contributed by atoms with Gasteiger partial charge in [0.25, 0.3) is 0 Å². The molecule has 5 heteroatoms. The SMILES string of the molecule is CC1CCCC(N)(C(=O)NCc2ccc(F)c(Cl)c2)C1. The van der Waals surface area contributed by atoms with Crippen molar-refractivity contribution in [1.29, 1.82) is 0 Å². The lowest BCUT2D eigenvalue weighted by molar-refractivity contribution is -0.128. The minimum absolute atomic E-state index is 0.0606. The highest BCUT2D eigenvalue weighted by atomic mass is 35.5. The van der Waals surface area contributed by atoms with Crippen LogP contribution in [0.25, 0.3) is 0 Å². The van der Waals surface area contributed by atoms with Crippen LogP contribution in [0, 0.1) is 11.7 Å². The van der Waals surface area contributed by atoms with Crippen LogP contribution >= 0.6 is 11.6 Å². The van der Waals surface area contributed by atoms with Crippen molar-refractivity contribution in [2.75, 3.05) is 0 Å². The fourth-order valence-electron chi connectivity index (χ4n) is 2.81. The maximum Gasteiger partial charge on any atom is 0.240 e. The first-order chi connectivity index (χ1) is 9.40. The predicted molar refractivity (Wildman–Crippen MR) is 77.8 cm³/mol. The maximum atomic E-state index is 13.1. The third-order valence-electron chi connectivity index (χ3n) is 3.92.